The van der Waals surface area contributed by atoms with E-state index in [4.69, 9.17) is 23.2 Å². The lowest BCUT2D eigenvalue weighted by Gasteiger charge is -2.11. The molecule has 2 aromatic rings. The van der Waals surface area contributed by atoms with E-state index in [1.54, 1.807) is 12.1 Å². The van der Waals surface area contributed by atoms with Crippen LogP contribution in [0.2, 0.25) is 5.02 Å². The molecule has 3 heteroatoms. The minimum Gasteiger partial charge on any atom is -0.205 e. The van der Waals surface area contributed by atoms with Crippen LogP contribution in [0, 0.1) is 12.7 Å². The molecule has 0 aromatic heterocycles. The Morgan fingerprint density at radius 3 is 2.39 bits per heavy atom. The van der Waals surface area contributed by atoms with Gasteiger partial charge in [-0.15, -0.1) is 11.6 Å². The zero-order valence-corrected chi connectivity index (χ0v) is 11.5. The summed E-state index contributed by atoms with van der Waals surface area (Å²) in [7, 11) is 0. The Labute approximate surface area is 116 Å². The Bertz CT molecular complexity index is 535. The first kappa shape index (κ1) is 13.4. The molecule has 0 spiro atoms. The van der Waals surface area contributed by atoms with E-state index in [9.17, 15) is 4.39 Å². The van der Waals surface area contributed by atoms with Gasteiger partial charge in [0.25, 0.3) is 0 Å². The molecule has 2 aromatic carbocycles. The second kappa shape index (κ2) is 5.73. The zero-order valence-electron chi connectivity index (χ0n) is 9.96. The predicted molar refractivity (Wildman–Crippen MR) is 74.9 cm³/mol. The highest BCUT2D eigenvalue weighted by Crippen LogP contribution is 2.28. The lowest BCUT2D eigenvalue weighted by Crippen LogP contribution is -1.96. The number of halogens is 3. The Morgan fingerprint density at radius 2 is 1.78 bits per heavy atom. The SMILES string of the molecule is Cc1ccc(CC(Cl)c2ccc(F)c(Cl)c2)cc1. The van der Waals surface area contributed by atoms with Crippen LogP contribution in [0.1, 0.15) is 22.1 Å². The van der Waals surface area contributed by atoms with Crippen molar-refractivity contribution in [3.8, 4) is 0 Å². The predicted octanol–water partition coefficient (Wildman–Crippen LogP) is 5.31. The molecule has 94 valence electrons. The quantitative estimate of drug-likeness (QED) is 0.669. The molecule has 0 fully saturated rings. The summed E-state index contributed by atoms with van der Waals surface area (Å²) in [5.41, 5.74) is 3.21. The first-order valence-electron chi connectivity index (χ1n) is 5.71. The minimum absolute atomic E-state index is 0.113. The van der Waals surface area contributed by atoms with Crippen molar-refractivity contribution in [3.05, 3.63) is 70.0 Å². The maximum absolute atomic E-state index is 13.1. The van der Waals surface area contributed by atoms with Gasteiger partial charge in [-0.1, -0.05) is 47.5 Å². The molecule has 1 unspecified atom stereocenters. The third-order valence-electron chi connectivity index (χ3n) is 2.84. The van der Waals surface area contributed by atoms with Gasteiger partial charge in [-0.05, 0) is 36.6 Å². The molecule has 0 aliphatic rings. The summed E-state index contributed by atoms with van der Waals surface area (Å²) in [6.45, 7) is 2.04. The molecule has 0 bridgehead atoms. The van der Waals surface area contributed by atoms with Crippen LogP contribution < -0.4 is 0 Å². The fourth-order valence-corrected chi connectivity index (χ4v) is 2.26. The van der Waals surface area contributed by atoms with Crippen LogP contribution in [0.15, 0.2) is 42.5 Å². The van der Waals surface area contributed by atoms with Crippen LogP contribution in [-0.4, -0.2) is 0 Å². The smallest absolute Gasteiger partial charge is 0.141 e. The molecule has 0 aliphatic carbocycles. The summed E-state index contributed by atoms with van der Waals surface area (Å²) in [4.78, 5) is 0. The van der Waals surface area contributed by atoms with E-state index in [2.05, 4.69) is 24.3 Å². The van der Waals surface area contributed by atoms with Crippen molar-refractivity contribution >= 4 is 23.2 Å². The normalized spacial score (nSPS) is 12.4. The Balaban J connectivity index is 2.13. The number of hydrogen-bond donors (Lipinski definition) is 0. The van der Waals surface area contributed by atoms with Gasteiger partial charge in [0.1, 0.15) is 5.82 Å². The lowest BCUT2D eigenvalue weighted by molar-refractivity contribution is 0.627. The highest BCUT2D eigenvalue weighted by Gasteiger charge is 2.11. The van der Waals surface area contributed by atoms with Gasteiger partial charge in [-0.2, -0.15) is 0 Å². The van der Waals surface area contributed by atoms with Crippen LogP contribution in [0.5, 0.6) is 0 Å². The maximum atomic E-state index is 13.1. The van der Waals surface area contributed by atoms with E-state index in [1.807, 2.05) is 6.92 Å². The molecular weight excluding hydrogens is 270 g/mol. The van der Waals surface area contributed by atoms with Crippen molar-refractivity contribution in [1.29, 1.82) is 0 Å². The molecule has 0 N–H and O–H groups in total. The van der Waals surface area contributed by atoms with Crippen LogP contribution >= 0.6 is 23.2 Å². The van der Waals surface area contributed by atoms with E-state index in [0.29, 0.717) is 6.42 Å². The Hall–Kier alpha value is -1.05. The number of benzene rings is 2. The summed E-state index contributed by atoms with van der Waals surface area (Å²) in [5, 5.41) is -0.0899. The largest absolute Gasteiger partial charge is 0.205 e. The van der Waals surface area contributed by atoms with E-state index in [0.717, 1.165) is 11.1 Å². The second-order valence-electron chi connectivity index (χ2n) is 4.33. The van der Waals surface area contributed by atoms with E-state index < -0.39 is 5.82 Å². The monoisotopic (exact) mass is 282 g/mol. The summed E-state index contributed by atoms with van der Waals surface area (Å²) in [6.07, 6.45) is 0.698. The molecule has 0 nitrogen and oxygen atoms in total. The van der Waals surface area contributed by atoms with Crippen molar-refractivity contribution in [1.82, 2.24) is 0 Å². The number of alkyl halides is 1. The highest BCUT2D eigenvalue weighted by atomic mass is 35.5. The van der Waals surface area contributed by atoms with Gasteiger partial charge in [0, 0.05) is 0 Å². The summed E-state index contributed by atoms with van der Waals surface area (Å²) in [5.74, 6) is -0.417. The molecule has 0 saturated heterocycles. The minimum atomic E-state index is -0.417. The molecule has 0 aliphatic heterocycles. The average molecular weight is 283 g/mol. The summed E-state index contributed by atoms with van der Waals surface area (Å²) in [6, 6.07) is 12.8. The van der Waals surface area contributed by atoms with E-state index in [-0.39, 0.29) is 10.4 Å². The van der Waals surface area contributed by atoms with Crippen molar-refractivity contribution in [2.45, 2.75) is 18.7 Å². The average Bonchev–Trinajstić information content (AvgIpc) is 2.35. The van der Waals surface area contributed by atoms with E-state index in [1.165, 1.54) is 11.6 Å². The molecule has 0 radical (unpaired) electrons. The second-order valence-corrected chi connectivity index (χ2v) is 5.26. The molecule has 0 saturated carbocycles. The Morgan fingerprint density at radius 1 is 1.11 bits per heavy atom. The summed E-state index contributed by atoms with van der Waals surface area (Å²) < 4.78 is 13.1. The molecule has 1 atom stereocenters. The van der Waals surface area contributed by atoms with Crippen LogP contribution in [0.3, 0.4) is 0 Å². The van der Waals surface area contributed by atoms with Gasteiger partial charge < -0.3 is 0 Å². The Kier molecular flexibility index (Phi) is 4.26. The number of rotatable bonds is 3. The van der Waals surface area contributed by atoms with Gasteiger partial charge in [0.05, 0.1) is 10.4 Å². The highest BCUT2D eigenvalue weighted by molar-refractivity contribution is 6.31. The topological polar surface area (TPSA) is 0 Å². The fourth-order valence-electron chi connectivity index (χ4n) is 1.76. The number of aryl methyl sites for hydroxylation is 1. The molecule has 18 heavy (non-hydrogen) atoms. The van der Waals surface area contributed by atoms with Gasteiger partial charge in [0.15, 0.2) is 0 Å². The van der Waals surface area contributed by atoms with Crippen molar-refractivity contribution in [2.24, 2.45) is 0 Å². The summed E-state index contributed by atoms with van der Waals surface area (Å²) >= 11 is 12.1. The van der Waals surface area contributed by atoms with Gasteiger partial charge >= 0.3 is 0 Å². The zero-order chi connectivity index (χ0) is 13.1. The van der Waals surface area contributed by atoms with Crippen LogP contribution in [0.4, 0.5) is 4.39 Å². The third kappa shape index (κ3) is 3.24. The molecular formula is C15H13Cl2F. The molecule has 2 rings (SSSR count). The van der Waals surface area contributed by atoms with Crippen LogP contribution in [0.25, 0.3) is 0 Å². The van der Waals surface area contributed by atoms with Crippen molar-refractivity contribution < 1.29 is 4.39 Å². The van der Waals surface area contributed by atoms with Gasteiger partial charge in [-0.25, -0.2) is 4.39 Å². The fraction of sp³-hybridized carbons (Fsp3) is 0.200. The van der Waals surface area contributed by atoms with Gasteiger partial charge in [0.2, 0.25) is 0 Å². The van der Waals surface area contributed by atoms with Crippen molar-refractivity contribution in [3.63, 3.8) is 0 Å². The third-order valence-corrected chi connectivity index (χ3v) is 3.54. The number of hydrogen-bond acceptors (Lipinski definition) is 0. The van der Waals surface area contributed by atoms with Gasteiger partial charge in [-0.3, -0.25) is 0 Å². The first-order valence-corrected chi connectivity index (χ1v) is 6.52. The lowest BCUT2D eigenvalue weighted by atomic mass is 10.0. The standard InChI is InChI=1S/C15H13Cl2F/c1-10-2-4-11(5-3-10)8-13(16)12-6-7-15(18)14(17)9-12/h2-7,9,13H,8H2,1H3. The molecule has 0 amide bonds. The van der Waals surface area contributed by atoms with E-state index >= 15 is 0 Å². The van der Waals surface area contributed by atoms with Crippen LogP contribution in [-0.2, 0) is 6.42 Å². The molecule has 0 heterocycles. The first-order chi connectivity index (χ1) is 8.56. The van der Waals surface area contributed by atoms with Crippen molar-refractivity contribution in [2.75, 3.05) is 0 Å². The maximum Gasteiger partial charge on any atom is 0.141 e.